The van der Waals surface area contributed by atoms with Crippen LogP contribution in [0.1, 0.15) is 18.9 Å². The zero-order chi connectivity index (χ0) is 14.1. The summed E-state index contributed by atoms with van der Waals surface area (Å²) in [7, 11) is 1.99. The van der Waals surface area contributed by atoms with Crippen LogP contribution in [0.15, 0.2) is 30.3 Å². The quantitative estimate of drug-likeness (QED) is 0.839. The second-order valence-electron chi connectivity index (χ2n) is 5.21. The highest BCUT2D eigenvalue weighted by molar-refractivity contribution is 5.83. The van der Waals surface area contributed by atoms with E-state index in [2.05, 4.69) is 22.9 Å². The van der Waals surface area contributed by atoms with Crippen molar-refractivity contribution in [3.63, 3.8) is 0 Å². The third-order valence-corrected chi connectivity index (χ3v) is 3.99. The number of anilines is 1. The van der Waals surface area contributed by atoms with E-state index in [1.54, 1.807) is 0 Å². The third kappa shape index (κ3) is 2.10. The molecule has 102 valence electrons. The van der Waals surface area contributed by atoms with Crippen molar-refractivity contribution < 1.29 is 4.74 Å². The topological polar surface area (TPSA) is 49.1 Å². The Bertz CT molecular complexity index is 677. The van der Waals surface area contributed by atoms with Gasteiger partial charge in [0, 0.05) is 19.0 Å². The number of para-hydroxylation sites is 1. The van der Waals surface area contributed by atoms with E-state index in [4.69, 9.17) is 4.74 Å². The van der Waals surface area contributed by atoms with Gasteiger partial charge in [-0.3, -0.25) is 0 Å². The first-order chi connectivity index (χ1) is 9.70. The maximum Gasteiger partial charge on any atom is 0.147 e. The van der Waals surface area contributed by atoms with Gasteiger partial charge in [0.25, 0.3) is 0 Å². The van der Waals surface area contributed by atoms with E-state index in [0.717, 1.165) is 29.7 Å². The molecule has 2 aromatic rings. The second-order valence-corrected chi connectivity index (χ2v) is 5.21. The van der Waals surface area contributed by atoms with Crippen LogP contribution in [0, 0.1) is 11.3 Å². The molecule has 3 rings (SSSR count). The molecule has 4 heteroatoms. The van der Waals surface area contributed by atoms with Gasteiger partial charge in [-0.05, 0) is 25.5 Å². The maximum atomic E-state index is 9.39. The van der Waals surface area contributed by atoms with Gasteiger partial charge in [-0.1, -0.05) is 18.2 Å². The van der Waals surface area contributed by atoms with Gasteiger partial charge in [0.05, 0.1) is 23.2 Å². The largest absolute Gasteiger partial charge is 0.376 e. The van der Waals surface area contributed by atoms with Crippen molar-refractivity contribution >= 4 is 16.7 Å². The number of likely N-dealkylation sites (N-methyl/N-ethyl adjacent to an activating group) is 1. The Hall–Kier alpha value is -2.12. The summed E-state index contributed by atoms with van der Waals surface area (Å²) in [6, 6.07) is 12.3. The fourth-order valence-corrected chi connectivity index (χ4v) is 2.84. The Morgan fingerprint density at radius 1 is 1.40 bits per heavy atom. The molecule has 0 amide bonds. The summed E-state index contributed by atoms with van der Waals surface area (Å²) in [5.41, 5.74) is 1.53. The fraction of sp³-hybridized carbons (Fsp3) is 0.375. The minimum Gasteiger partial charge on any atom is -0.376 e. The average Bonchev–Trinajstić information content (AvgIpc) is 2.91. The summed E-state index contributed by atoms with van der Waals surface area (Å²) < 4.78 is 5.62. The normalized spacial score (nSPS) is 21.9. The zero-order valence-electron chi connectivity index (χ0n) is 11.7. The Kier molecular flexibility index (Phi) is 3.29. The molecule has 1 fully saturated rings. The van der Waals surface area contributed by atoms with Crippen molar-refractivity contribution in [3.05, 3.63) is 35.9 Å². The van der Waals surface area contributed by atoms with Crippen LogP contribution in [-0.2, 0) is 4.74 Å². The minimum absolute atomic E-state index is 0.166. The molecule has 0 bridgehead atoms. The number of rotatable bonds is 2. The van der Waals surface area contributed by atoms with Gasteiger partial charge in [0.15, 0.2) is 0 Å². The summed E-state index contributed by atoms with van der Waals surface area (Å²) in [5, 5.41) is 10.4. The number of aromatic nitrogens is 1. The van der Waals surface area contributed by atoms with Crippen molar-refractivity contribution in [1.82, 2.24) is 4.98 Å². The van der Waals surface area contributed by atoms with Crippen LogP contribution in [0.2, 0.25) is 0 Å². The monoisotopic (exact) mass is 267 g/mol. The van der Waals surface area contributed by atoms with E-state index in [-0.39, 0.29) is 12.1 Å². The van der Waals surface area contributed by atoms with E-state index in [0.29, 0.717) is 5.56 Å². The van der Waals surface area contributed by atoms with Gasteiger partial charge >= 0.3 is 0 Å². The Labute approximate surface area is 118 Å². The van der Waals surface area contributed by atoms with Crippen molar-refractivity contribution in [2.75, 3.05) is 18.6 Å². The van der Waals surface area contributed by atoms with Gasteiger partial charge < -0.3 is 9.64 Å². The molecule has 0 aliphatic carbocycles. The molecular formula is C16H17N3O. The van der Waals surface area contributed by atoms with Crippen molar-refractivity contribution in [1.29, 1.82) is 5.26 Å². The van der Waals surface area contributed by atoms with Crippen LogP contribution in [0.25, 0.3) is 10.9 Å². The Balaban J connectivity index is 2.07. The molecule has 1 saturated heterocycles. The van der Waals surface area contributed by atoms with Crippen LogP contribution in [0.5, 0.6) is 0 Å². The molecule has 0 saturated carbocycles. The first-order valence-corrected chi connectivity index (χ1v) is 6.85. The molecule has 1 aliphatic rings. The summed E-state index contributed by atoms with van der Waals surface area (Å²) in [5.74, 6) is 0.744. The van der Waals surface area contributed by atoms with E-state index >= 15 is 0 Å². The summed E-state index contributed by atoms with van der Waals surface area (Å²) in [6.45, 7) is 2.84. The molecule has 0 spiro atoms. The highest BCUT2D eigenvalue weighted by atomic mass is 16.5. The Morgan fingerprint density at radius 3 is 2.90 bits per heavy atom. The number of nitriles is 1. The molecule has 1 aromatic heterocycles. The Morgan fingerprint density at radius 2 is 2.20 bits per heavy atom. The van der Waals surface area contributed by atoms with Gasteiger partial charge in [-0.15, -0.1) is 0 Å². The lowest BCUT2D eigenvalue weighted by Crippen LogP contribution is -2.37. The highest BCUT2D eigenvalue weighted by Gasteiger charge is 2.29. The molecule has 4 nitrogen and oxygen atoms in total. The van der Waals surface area contributed by atoms with Gasteiger partial charge in [-0.25, -0.2) is 4.98 Å². The molecule has 2 unspecified atom stereocenters. The van der Waals surface area contributed by atoms with Gasteiger partial charge in [-0.2, -0.15) is 5.26 Å². The maximum absolute atomic E-state index is 9.39. The summed E-state index contributed by atoms with van der Waals surface area (Å²) in [6.07, 6.45) is 1.14. The number of nitrogens with zero attached hydrogens (tertiary/aromatic N) is 3. The highest BCUT2D eigenvalue weighted by Crippen LogP contribution is 2.27. The molecule has 0 radical (unpaired) electrons. The van der Waals surface area contributed by atoms with Crippen LogP contribution in [0.3, 0.4) is 0 Å². The van der Waals surface area contributed by atoms with Crippen LogP contribution in [-0.4, -0.2) is 30.8 Å². The smallest absolute Gasteiger partial charge is 0.147 e. The van der Waals surface area contributed by atoms with Crippen molar-refractivity contribution in [2.24, 2.45) is 0 Å². The summed E-state index contributed by atoms with van der Waals surface area (Å²) >= 11 is 0. The second kappa shape index (κ2) is 5.10. The molecule has 1 aliphatic heterocycles. The average molecular weight is 267 g/mol. The van der Waals surface area contributed by atoms with E-state index in [1.165, 1.54) is 0 Å². The van der Waals surface area contributed by atoms with Crippen molar-refractivity contribution in [2.45, 2.75) is 25.5 Å². The third-order valence-electron chi connectivity index (χ3n) is 3.99. The van der Waals surface area contributed by atoms with E-state index < -0.39 is 0 Å². The molecule has 1 aromatic carbocycles. The van der Waals surface area contributed by atoms with Crippen LogP contribution >= 0.6 is 0 Å². The molecule has 2 heterocycles. The predicted octanol–water partition coefficient (Wildman–Crippen LogP) is 2.72. The fourth-order valence-electron chi connectivity index (χ4n) is 2.84. The number of pyridine rings is 1. The first kappa shape index (κ1) is 12.9. The lowest BCUT2D eigenvalue weighted by atomic mass is 10.1. The minimum atomic E-state index is 0.166. The molecule has 2 atom stereocenters. The van der Waals surface area contributed by atoms with Crippen molar-refractivity contribution in [3.8, 4) is 6.07 Å². The molecule has 20 heavy (non-hydrogen) atoms. The zero-order valence-corrected chi connectivity index (χ0v) is 11.7. The van der Waals surface area contributed by atoms with Gasteiger partial charge in [0.2, 0.25) is 0 Å². The lowest BCUT2D eigenvalue weighted by Gasteiger charge is -2.28. The number of hydrogen-bond donors (Lipinski definition) is 0. The number of ether oxygens (including phenoxy) is 1. The number of fused-ring (bicyclic) bond motifs is 1. The standard InChI is InChI=1S/C16H17N3O/c1-11-15(7-8-20-11)19(2)16-13(10-17)9-12-5-3-4-6-14(12)18-16/h3-6,9,11,15H,7-8H2,1-2H3. The number of benzene rings is 1. The first-order valence-electron chi connectivity index (χ1n) is 6.85. The molecular weight excluding hydrogens is 250 g/mol. The van der Waals surface area contributed by atoms with Gasteiger partial charge in [0.1, 0.15) is 11.9 Å². The molecule has 0 N–H and O–H groups in total. The van der Waals surface area contributed by atoms with Crippen LogP contribution < -0.4 is 4.90 Å². The van der Waals surface area contributed by atoms with Crippen LogP contribution in [0.4, 0.5) is 5.82 Å². The predicted molar refractivity (Wildman–Crippen MR) is 78.7 cm³/mol. The SMILES string of the molecule is CC1OCCC1N(C)c1nc2ccccc2cc1C#N. The summed E-state index contributed by atoms with van der Waals surface area (Å²) in [4.78, 5) is 6.76. The van der Waals surface area contributed by atoms with E-state index in [1.807, 2.05) is 37.4 Å². The number of hydrogen-bond acceptors (Lipinski definition) is 4. The lowest BCUT2D eigenvalue weighted by molar-refractivity contribution is 0.118. The van der Waals surface area contributed by atoms with E-state index in [9.17, 15) is 5.26 Å².